The van der Waals surface area contributed by atoms with Gasteiger partial charge in [0.25, 0.3) is 0 Å². The summed E-state index contributed by atoms with van der Waals surface area (Å²) in [6, 6.07) is 8.68. The molecule has 3 nitrogen and oxygen atoms in total. The van der Waals surface area contributed by atoms with Crippen molar-refractivity contribution >= 4 is 0 Å². The molecule has 90 valence electrons. The molecule has 0 atom stereocenters. The first-order valence-corrected chi connectivity index (χ1v) is 5.53. The number of rotatable bonds is 3. The number of nitrogens with one attached hydrogen (secondary N) is 1. The fraction of sp³-hybridized carbons (Fsp3) is 0.143. The number of halogens is 1. The van der Waals surface area contributed by atoms with Crippen LogP contribution in [0.3, 0.4) is 0 Å². The summed E-state index contributed by atoms with van der Waals surface area (Å²) < 4.78 is 14.0. The van der Waals surface area contributed by atoms with Crippen LogP contribution in [0.2, 0.25) is 0 Å². The largest absolute Gasteiger partial charge is 0.316 e. The lowest BCUT2D eigenvalue weighted by molar-refractivity contribution is 0.627. The van der Waals surface area contributed by atoms with E-state index in [2.05, 4.69) is 10.3 Å². The van der Waals surface area contributed by atoms with Crippen molar-refractivity contribution in [2.45, 2.75) is 6.54 Å². The molecule has 0 fully saturated rings. The lowest BCUT2D eigenvalue weighted by Gasteiger charge is -2.06. The molecule has 0 aliphatic heterocycles. The van der Waals surface area contributed by atoms with Crippen LogP contribution in [0, 0.1) is 17.1 Å². The van der Waals surface area contributed by atoms with E-state index in [1.807, 2.05) is 19.2 Å². The van der Waals surface area contributed by atoms with Crippen LogP contribution in [0.15, 0.2) is 36.7 Å². The van der Waals surface area contributed by atoms with Crippen LogP contribution in [-0.2, 0) is 6.54 Å². The number of hydrogen-bond acceptors (Lipinski definition) is 3. The highest BCUT2D eigenvalue weighted by molar-refractivity contribution is 5.65. The molecular formula is C14H12FN3. The molecule has 1 heterocycles. The van der Waals surface area contributed by atoms with E-state index in [1.165, 1.54) is 12.3 Å². The van der Waals surface area contributed by atoms with Crippen LogP contribution < -0.4 is 5.32 Å². The van der Waals surface area contributed by atoms with Crippen molar-refractivity contribution in [2.75, 3.05) is 7.05 Å². The Morgan fingerprint density at radius 3 is 2.83 bits per heavy atom. The van der Waals surface area contributed by atoms with Crippen molar-refractivity contribution in [3.8, 4) is 17.2 Å². The van der Waals surface area contributed by atoms with Gasteiger partial charge in [0, 0.05) is 30.1 Å². The third-order valence-electron chi connectivity index (χ3n) is 2.59. The molecular weight excluding hydrogens is 229 g/mol. The Balaban J connectivity index is 2.41. The van der Waals surface area contributed by atoms with Gasteiger partial charge >= 0.3 is 0 Å². The Morgan fingerprint density at radius 2 is 2.17 bits per heavy atom. The minimum absolute atomic E-state index is 0.306. The van der Waals surface area contributed by atoms with E-state index in [0.29, 0.717) is 23.2 Å². The summed E-state index contributed by atoms with van der Waals surface area (Å²) in [5, 5.41) is 11.8. The van der Waals surface area contributed by atoms with Crippen molar-refractivity contribution in [3.05, 3.63) is 53.6 Å². The van der Waals surface area contributed by atoms with Crippen LogP contribution in [0.5, 0.6) is 0 Å². The smallest absolute Gasteiger partial charge is 0.131 e. The third kappa shape index (κ3) is 2.53. The van der Waals surface area contributed by atoms with Gasteiger partial charge in [0.15, 0.2) is 0 Å². The first-order valence-electron chi connectivity index (χ1n) is 5.53. The summed E-state index contributed by atoms with van der Waals surface area (Å²) in [5.74, 6) is -0.306. The Labute approximate surface area is 105 Å². The van der Waals surface area contributed by atoms with E-state index in [9.17, 15) is 4.39 Å². The van der Waals surface area contributed by atoms with Gasteiger partial charge in [0.2, 0.25) is 0 Å². The van der Waals surface area contributed by atoms with Gasteiger partial charge in [-0.05, 0) is 24.7 Å². The number of aromatic nitrogens is 1. The van der Waals surface area contributed by atoms with Gasteiger partial charge in [-0.15, -0.1) is 0 Å². The molecule has 2 rings (SSSR count). The maximum absolute atomic E-state index is 14.0. The van der Waals surface area contributed by atoms with E-state index in [0.717, 1.165) is 5.56 Å². The summed E-state index contributed by atoms with van der Waals surface area (Å²) in [7, 11) is 1.81. The Bertz CT molecular complexity index is 602. The number of nitrogens with zero attached hydrogens (tertiary/aromatic N) is 2. The van der Waals surface area contributed by atoms with Crippen molar-refractivity contribution in [2.24, 2.45) is 0 Å². The second kappa shape index (κ2) is 5.39. The summed E-state index contributed by atoms with van der Waals surface area (Å²) in [5.41, 5.74) is 2.37. The van der Waals surface area contributed by atoms with Crippen molar-refractivity contribution in [3.63, 3.8) is 0 Å². The highest BCUT2D eigenvalue weighted by Gasteiger charge is 2.07. The molecule has 0 aliphatic carbocycles. The van der Waals surface area contributed by atoms with Crippen molar-refractivity contribution < 1.29 is 4.39 Å². The monoisotopic (exact) mass is 241 g/mol. The van der Waals surface area contributed by atoms with Crippen molar-refractivity contribution in [1.29, 1.82) is 5.26 Å². The van der Waals surface area contributed by atoms with Gasteiger partial charge in [-0.1, -0.05) is 12.1 Å². The van der Waals surface area contributed by atoms with Gasteiger partial charge in [-0.2, -0.15) is 5.26 Å². The first kappa shape index (κ1) is 12.2. The molecule has 0 bridgehead atoms. The number of benzene rings is 1. The fourth-order valence-corrected chi connectivity index (χ4v) is 1.76. The highest BCUT2D eigenvalue weighted by Crippen LogP contribution is 2.23. The summed E-state index contributed by atoms with van der Waals surface area (Å²) in [4.78, 5) is 3.93. The standard InChI is InChI=1S/C14H12FN3/c1-17-7-10-2-3-13(14(15)5-10)12-4-11(6-16)8-18-9-12/h2-5,8-9,17H,7H2,1H3. The lowest BCUT2D eigenvalue weighted by Crippen LogP contribution is -2.05. The summed E-state index contributed by atoms with van der Waals surface area (Å²) in [6.45, 7) is 0.619. The summed E-state index contributed by atoms with van der Waals surface area (Å²) >= 11 is 0. The van der Waals surface area contributed by atoms with Gasteiger partial charge in [0.1, 0.15) is 11.9 Å². The van der Waals surface area contributed by atoms with Crippen molar-refractivity contribution in [1.82, 2.24) is 10.3 Å². The molecule has 0 amide bonds. The van der Waals surface area contributed by atoms with Crippen LogP contribution in [0.1, 0.15) is 11.1 Å². The SMILES string of the molecule is CNCc1ccc(-c2cncc(C#N)c2)c(F)c1. The molecule has 0 aliphatic rings. The normalized spacial score (nSPS) is 10.1. The molecule has 0 unspecified atom stereocenters. The van der Waals surface area contributed by atoms with E-state index in [-0.39, 0.29) is 5.82 Å². The van der Waals surface area contributed by atoms with E-state index < -0.39 is 0 Å². The quantitative estimate of drug-likeness (QED) is 0.898. The van der Waals surface area contributed by atoms with Gasteiger partial charge in [-0.3, -0.25) is 4.98 Å². The van der Waals surface area contributed by atoms with E-state index >= 15 is 0 Å². The van der Waals surface area contributed by atoms with Gasteiger partial charge in [0.05, 0.1) is 5.56 Å². The van der Waals surface area contributed by atoms with Crippen LogP contribution in [0.4, 0.5) is 4.39 Å². The zero-order chi connectivity index (χ0) is 13.0. The molecule has 2 aromatic rings. The Morgan fingerprint density at radius 1 is 1.33 bits per heavy atom. The topological polar surface area (TPSA) is 48.7 Å². The third-order valence-corrected chi connectivity index (χ3v) is 2.59. The van der Waals surface area contributed by atoms with E-state index in [1.54, 1.807) is 18.3 Å². The second-order valence-electron chi connectivity index (χ2n) is 3.92. The minimum atomic E-state index is -0.306. The molecule has 0 saturated carbocycles. The number of hydrogen-bond donors (Lipinski definition) is 1. The van der Waals surface area contributed by atoms with Crippen LogP contribution in [-0.4, -0.2) is 12.0 Å². The number of nitriles is 1. The average molecular weight is 241 g/mol. The molecule has 0 saturated heterocycles. The second-order valence-corrected chi connectivity index (χ2v) is 3.92. The maximum atomic E-state index is 14.0. The van der Waals surface area contributed by atoms with E-state index in [4.69, 9.17) is 5.26 Å². The molecule has 1 aromatic carbocycles. The first-order chi connectivity index (χ1) is 8.74. The highest BCUT2D eigenvalue weighted by atomic mass is 19.1. The summed E-state index contributed by atoms with van der Waals surface area (Å²) in [6.07, 6.45) is 3.01. The molecule has 18 heavy (non-hydrogen) atoms. The van der Waals surface area contributed by atoms with Crippen LogP contribution >= 0.6 is 0 Å². The minimum Gasteiger partial charge on any atom is -0.316 e. The molecule has 0 radical (unpaired) electrons. The molecule has 4 heteroatoms. The predicted molar refractivity (Wildman–Crippen MR) is 67.1 cm³/mol. The Hall–Kier alpha value is -2.25. The number of pyridine rings is 1. The predicted octanol–water partition coefficient (Wildman–Crippen LogP) is 2.48. The zero-order valence-corrected chi connectivity index (χ0v) is 9.94. The molecule has 1 N–H and O–H groups in total. The van der Waals surface area contributed by atoms with Gasteiger partial charge < -0.3 is 5.32 Å². The fourth-order valence-electron chi connectivity index (χ4n) is 1.76. The van der Waals surface area contributed by atoms with Crippen LogP contribution in [0.25, 0.3) is 11.1 Å². The molecule has 1 aromatic heterocycles. The lowest BCUT2D eigenvalue weighted by atomic mass is 10.0. The zero-order valence-electron chi connectivity index (χ0n) is 9.94. The molecule has 0 spiro atoms. The Kier molecular flexibility index (Phi) is 3.66. The van der Waals surface area contributed by atoms with Gasteiger partial charge in [-0.25, -0.2) is 4.39 Å². The average Bonchev–Trinajstić information content (AvgIpc) is 2.39. The maximum Gasteiger partial charge on any atom is 0.131 e.